The Bertz CT molecular complexity index is 564. The Hall–Kier alpha value is -0.750. The summed E-state index contributed by atoms with van der Waals surface area (Å²) in [6.07, 6.45) is 20.2. The first-order chi connectivity index (χ1) is 15.3. The molecular weight excluding hydrogens is 392 g/mol. The lowest BCUT2D eigenvalue weighted by Gasteiger charge is -2.29. The van der Waals surface area contributed by atoms with Crippen LogP contribution in [0.5, 0.6) is 0 Å². The van der Waals surface area contributed by atoms with E-state index in [9.17, 15) is 4.79 Å². The smallest absolute Gasteiger partial charge is 0.157 e. The van der Waals surface area contributed by atoms with Crippen molar-refractivity contribution in [2.75, 3.05) is 19.8 Å². The van der Waals surface area contributed by atoms with Gasteiger partial charge in [-0.15, -0.1) is 0 Å². The molecule has 2 aliphatic heterocycles. The first-order valence-electron chi connectivity index (χ1n) is 13.0. The Balaban J connectivity index is 1.13. The van der Waals surface area contributed by atoms with Gasteiger partial charge in [-0.1, -0.05) is 25.0 Å². The maximum atomic E-state index is 12.0. The largest absolute Gasteiger partial charge is 0.353 e. The van der Waals surface area contributed by atoms with E-state index in [1.807, 2.05) is 0 Å². The molecule has 5 heteroatoms. The van der Waals surface area contributed by atoms with Gasteiger partial charge in [0, 0.05) is 38.6 Å². The number of unbranched alkanes of at least 4 members (excludes halogenated alkanes) is 4. The zero-order valence-electron chi connectivity index (χ0n) is 19.2. The fourth-order valence-corrected chi connectivity index (χ4v) is 5.85. The van der Waals surface area contributed by atoms with Crippen molar-refractivity contribution in [3.05, 3.63) is 12.2 Å². The zero-order chi connectivity index (χ0) is 21.3. The van der Waals surface area contributed by atoms with Crippen molar-refractivity contribution in [2.24, 2.45) is 17.8 Å². The Morgan fingerprint density at radius 1 is 0.903 bits per heavy atom. The third kappa shape index (κ3) is 7.12. The third-order valence-corrected chi connectivity index (χ3v) is 7.55. The standard InChI is InChI=1S/C26H42O5/c27-21-17-20-18-24(31-26-13-7-10-16-30-26)22(23(20)19-21)11-5-3-1-2-4-8-14-28-25-12-6-9-15-29-25/h5,11,20,22-26H,1-4,6-10,12-19H2/b11-5+/t20-,22+,23-,24+,25?,26?/m0/s1. The van der Waals surface area contributed by atoms with Crippen LogP contribution in [0.15, 0.2) is 12.2 Å². The average Bonchev–Trinajstić information content (AvgIpc) is 3.30. The van der Waals surface area contributed by atoms with Gasteiger partial charge in [-0.3, -0.25) is 4.79 Å². The van der Waals surface area contributed by atoms with Crippen LogP contribution in [0.2, 0.25) is 0 Å². The van der Waals surface area contributed by atoms with Crippen molar-refractivity contribution in [3.8, 4) is 0 Å². The quantitative estimate of drug-likeness (QED) is 0.315. The van der Waals surface area contributed by atoms with Crippen LogP contribution >= 0.6 is 0 Å². The van der Waals surface area contributed by atoms with E-state index in [1.165, 1.54) is 38.5 Å². The minimum Gasteiger partial charge on any atom is -0.353 e. The van der Waals surface area contributed by atoms with Crippen LogP contribution in [0.3, 0.4) is 0 Å². The number of carbonyl (C=O) groups is 1. The van der Waals surface area contributed by atoms with E-state index in [1.54, 1.807) is 0 Å². The highest BCUT2D eigenvalue weighted by Gasteiger charge is 2.48. The van der Waals surface area contributed by atoms with Crippen LogP contribution < -0.4 is 0 Å². The molecule has 5 nitrogen and oxygen atoms in total. The molecule has 2 heterocycles. The summed E-state index contributed by atoms with van der Waals surface area (Å²) in [5, 5.41) is 0. The molecule has 2 saturated carbocycles. The molecule has 2 unspecified atom stereocenters. The number of ketones is 1. The van der Waals surface area contributed by atoms with Crippen molar-refractivity contribution in [3.63, 3.8) is 0 Å². The predicted molar refractivity (Wildman–Crippen MR) is 120 cm³/mol. The molecule has 0 spiro atoms. The molecule has 0 aromatic heterocycles. The summed E-state index contributed by atoms with van der Waals surface area (Å²) in [6, 6.07) is 0. The number of allylic oxidation sites excluding steroid dienone is 1. The van der Waals surface area contributed by atoms with Crippen molar-refractivity contribution >= 4 is 5.78 Å². The van der Waals surface area contributed by atoms with Gasteiger partial charge in [0.25, 0.3) is 0 Å². The molecule has 0 N–H and O–H groups in total. The third-order valence-electron chi connectivity index (χ3n) is 7.55. The van der Waals surface area contributed by atoms with Crippen molar-refractivity contribution < 1.29 is 23.7 Å². The highest BCUT2D eigenvalue weighted by Crippen LogP contribution is 2.48. The number of rotatable bonds is 11. The van der Waals surface area contributed by atoms with Gasteiger partial charge in [0.15, 0.2) is 12.6 Å². The van der Waals surface area contributed by atoms with E-state index in [2.05, 4.69) is 12.2 Å². The summed E-state index contributed by atoms with van der Waals surface area (Å²) in [5.41, 5.74) is 0. The summed E-state index contributed by atoms with van der Waals surface area (Å²) >= 11 is 0. The highest BCUT2D eigenvalue weighted by molar-refractivity contribution is 5.81. The summed E-state index contributed by atoms with van der Waals surface area (Å²) in [7, 11) is 0. The normalized spacial score (nSPS) is 36.3. The molecule has 6 atom stereocenters. The van der Waals surface area contributed by atoms with E-state index in [0.29, 0.717) is 23.5 Å². The Labute approximate surface area is 188 Å². The molecule has 0 bridgehead atoms. The second kappa shape index (κ2) is 12.5. The molecule has 2 aliphatic carbocycles. The number of hydrogen-bond donors (Lipinski definition) is 0. The van der Waals surface area contributed by atoms with Crippen LogP contribution in [0.25, 0.3) is 0 Å². The zero-order valence-corrected chi connectivity index (χ0v) is 19.2. The van der Waals surface area contributed by atoms with Crippen LogP contribution in [0.1, 0.15) is 89.9 Å². The van der Waals surface area contributed by atoms with Crippen molar-refractivity contribution in [2.45, 2.75) is 109 Å². The maximum Gasteiger partial charge on any atom is 0.157 e. The molecule has 0 aromatic carbocycles. The number of carbonyl (C=O) groups excluding carboxylic acids is 1. The second-order valence-corrected chi connectivity index (χ2v) is 9.95. The van der Waals surface area contributed by atoms with Gasteiger partial charge >= 0.3 is 0 Å². The summed E-state index contributed by atoms with van der Waals surface area (Å²) in [6.45, 7) is 2.50. The lowest BCUT2D eigenvalue weighted by molar-refractivity contribution is -0.193. The minimum atomic E-state index is -0.0367. The Morgan fingerprint density at radius 3 is 2.45 bits per heavy atom. The van der Waals surface area contributed by atoms with Gasteiger partial charge in [0.2, 0.25) is 0 Å². The Morgan fingerprint density at radius 2 is 1.68 bits per heavy atom. The van der Waals surface area contributed by atoms with Gasteiger partial charge in [-0.2, -0.15) is 0 Å². The van der Waals surface area contributed by atoms with E-state index in [4.69, 9.17) is 18.9 Å². The first-order valence-corrected chi connectivity index (χ1v) is 13.0. The molecular formula is C26H42O5. The van der Waals surface area contributed by atoms with E-state index in [-0.39, 0.29) is 18.7 Å². The molecule has 176 valence electrons. The van der Waals surface area contributed by atoms with Crippen LogP contribution in [-0.2, 0) is 23.7 Å². The van der Waals surface area contributed by atoms with Crippen molar-refractivity contribution in [1.82, 2.24) is 0 Å². The fraction of sp³-hybridized carbons (Fsp3) is 0.885. The molecule has 0 amide bonds. The van der Waals surface area contributed by atoms with Crippen LogP contribution in [-0.4, -0.2) is 44.3 Å². The van der Waals surface area contributed by atoms with Gasteiger partial charge in [-0.25, -0.2) is 0 Å². The second-order valence-electron chi connectivity index (χ2n) is 9.95. The lowest BCUT2D eigenvalue weighted by Crippen LogP contribution is -2.30. The topological polar surface area (TPSA) is 54.0 Å². The number of hydrogen-bond acceptors (Lipinski definition) is 5. The fourth-order valence-electron chi connectivity index (χ4n) is 5.85. The highest BCUT2D eigenvalue weighted by atomic mass is 16.7. The lowest BCUT2D eigenvalue weighted by atomic mass is 9.90. The molecule has 4 rings (SSSR count). The monoisotopic (exact) mass is 434 g/mol. The SMILES string of the molecule is O=C1C[C@H]2C[C@@H](OC3CCCCO3)[C@H](/C=C/CCCCCCOC3CCCCO3)[C@H]2C1. The Kier molecular flexibility index (Phi) is 9.42. The van der Waals surface area contributed by atoms with Gasteiger partial charge in [0.1, 0.15) is 5.78 Å². The molecule has 0 radical (unpaired) electrons. The summed E-state index contributed by atoms with van der Waals surface area (Å²) < 4.78 is 23.7. The number of fused-ring (bicyclic) bond motifs is 1. The first kappa shape index (κ1) is 23.4. The van der Waals surface area contributed by atoms with E-state index in [0.717, 1.165) is 71.2 Å². The van der Waals surface area contributed by atoms with Crippen LogP contribution in [0.4, 0.5) is 0 Å². The maximum absolute atomic E-state index is 12.0. The molecule has 2 saturated heterocycles. The summed E-state index contributed by atoms with van der Waals surface area (Å²) in [5.74, 6) is 1.83. The predicted octanol–water partition coefficient (Wildman–Crippen LogP) is 5.56. The van der Waals surface area contributed by atoms with Crippen molar-refractivity contribution in [1.29, 1.82) is 0 Å². The van der Waals surface area contributed by atoms with Crippen LogP contribution in [0, 0.1) is 17.8 Å². The minimum absolute atomic E-state index is 0.0367. The van der Waals surface area contributed by atoms with Gasteiger partial charge in [-0.05, 0) is 76.0 Å². The molecule has 4 fully saturated rings. The van der Waals surface area contributed by atoms with Gasteiger partial charge < -0.3 is 18.9 Å². The van der Waals surface area contributed by atoms with E-state index >= 15 is 0 Å². The number of ether oxygens (including phenoxy) is 4. The molecule has 0 aromatic rings. The average molecular weight is 435 g/mol. The molecule has 31 heavy (non-hydrogen) atoms. The van der Waals surface area contributed by atoms with E-state index < -0.39 is 0 Å². The summed E-state index contributed by atoms with van der Waals surface area (Å²) in [4.78, 5) is 12.0. The number of Topliss-reactive ketones (excluding diaryl/α,β-unsaturated/α-hetero) is 1. The van der Waals surface area contributed by atoms with Gasteiger partial charge in [0.05, 0.1) is 6.10 Å². The molecule has 4 aliphatic rings.